The molecule has 0 aliphatic carbocycles. The molecule has 20 heavy (non-hydrogen) atoms. The van der Waals surface area contributed by atoms with Gasteiger partial charge in [-0.1, -0.05) is 0 Å². The minimum absolute atomic E-state index is 0. The predicted molar refractivity (Wildman–Crippen MR) is 83.1 cm³/mol. The van der Waals surface area contributed by atoms with Gasteiger partial charge in [0, 0.05) is 0 Å². The van der Waals surface area contributed by atoms with Crippen molar-refractivity contribution in [2.24, 2.45) is 4.22 Å². The molecule has 0 aromatic carbocycles. The average molecular weight is 370 g/mol. The van der Waals surface area contributed by atoms with E-state index in [2.05, 4.69) is 61.6 Å². The third-order valence-corrected chi connectivity index (χ3v) is 7.64. The smallest absolute Gasteiger partial charge is 1.00 e. The van der Waals surface area contributed by atoms with Gasteiger partial charge >= 0.3 is 125 Å². The maximum atomic E-state index is 6.10. The number of rotatable bonds is 4. The van der Waals surface area contributed by atoms with E-state index >= 15 is 0 Å². The van der Waals surface area contributed by atoms with Gasteiger partial charge in [-0.3, -0.25) is 0 Å². The summed E-state index contributed by atoms with van der Waals surface area (Å²) in [4.78, 5) is 0. The van der Waals surface area contributed by atoms with Crippen LogP contribution in [0.3, 0.4) is 0 Å². The molecule has 0 spiro atoms. The van der Waals surface area contributed by atoms with Crippen molar-refractivity contribution in [2.75, 3.05) is 0 Å². The normalized spacial score (nSPS) is 11.3. The Morgan fingerprint density at radius 1 is 0.850 bits per heavy atom. The molecular weight excluding hydrogens is 341 g/mol. The van der Waals surface area contributed by atoms with Crippen LogP contribution in [-0.4, -0.2) is 13.6 Å². The van der Waals surface area contributed by atoms with Gasteiger partial charge in [0.15, 0.2) is 0 Å². The fourth-order valence-corrected chi connectivity index (χ4v) is 6.56. The van der Waals surface area contributed by atoms with E-state index in [9.17, 15) is 0 Å². The van der Waals surface area contributed by atoms with E-state index in [1.165, 1.54) is 22.3 Å². The van der Waals surface area contributed by atoms with Gasteiger partial charge < -0.3 is 24.8 Å². The van der Waals surface area contributed by atoms with Crippen molar-refractivity contribution in [3.8, 4) is 0 Å². The summed E-state index contributed by atoms with van der Waals surface area (Å²) in [5, 5.41) is 1.65. The molecule has 0 radical (unpaired) electrons. The van der Waals surface area contributed by atoms with Crippen LogP contribution in [0, 0.1) is 0 Å². The molecule has 0 heterocycles. The Bertz CT molecular complexity index is 416. The molecule has 0 saturated heterocycles. The van der Waals surface area contributed by atoms with E-state index in [-0.39, 0.29) is 28.5 Å². The first kappa shape index (κ1) is 25.8. The molecule has 0 unspecified atom stereocenters. The van der Waals surface area contributed by atoms with Crippen LogP contribution in [0.5, 0.6) is 0 Å². The zero-order chi connectivity index (χ0) is 14.7. The van der Waals surface area contributed by atoms with Crippen molar-refractivity contribution in [3.05, 3.63) is 22.3 Å². The number of hydrogen-bond acceptors (Lipinski definition) is 1. The largest absolute Gasteiger partial charge is 1.00 e. The summed E-state index contributed by atoms with van der Waals surface area (Å²) >= 11 is -0.404. The van der Waals surface area contributed by atoms with Crippen LogP contribution in [0.1, 0.15) is 48.5 Å². The first-order chi connectivity index (χ1) is 8.06. The third kappa shape index (κ3) is 6.72. The van der Waals surface area contributed by atoms with E-state index in [0.29, 0.717) is 0 Å². The van der Waals surface area contributed by atoms with Crippen LogP contribution in [-0.2, 0) is 19.4 Å². The van der Waals surface area contributed by atoms with Gasteiger partial charge in [-0.25, -0.2) is 0 Å². The summed E-state index contributed by atoms with van der Waals surface area (Å²) in [5.41, 5.74) is 5.78. The SMILES string of the molecule is CC(C)=C(C)/C(C)=C(\C)C(=[Si](C)C)[C](C)(C)[Ti+2][NH2].[Cl-].[Cl-]. The Hall–Kier alpha value is 0.821. The first-order valence-corrected chi connectivity index (χ1v) is 10.7. The zero-order valence-electron chi connectivity index (χ0n) is 14.3. The van der Waals surface area contributed by atoms with Crippen LogP contribution in [0.2, 0.25) is 16.8 Å². The maximum Gasteiger partial charge on any atom is -1.00 e. The minimum Gasteiger partial charge on any atom is -1.00 e. The number of halogens is 2. The summed E-state index contributed by atoms with van der Waals surface area (Å²) in [6.07, 6.45) is 0. The van der Waals surface area contributed by atoms with Gasteiger partial charge in [0.1, 0.15) is 0 Å². The van der Waals surface area contributed by atoms with E-state index in [0.717, 1.165) is 0 Å². The van der Waals surface area contributed by atoms with Gasteiger partial charge in [0.05, 0.1) is 0 Å². The summed E-state index contributed by atoms with van der Waals surface area (Å²) in [5.74, 6) is 0. The van der Waals surface area contributed by atoms with Crippen LogP contribution in [0.15, 0.2) is 22.3 Å². The second-order valence-electron chi connectivity index (χ2n) is 6.02. The average Bonchev–Trinajstić information content (AvgIpc) is 2.25. The Labute approximate surface area is 149 Å². The van der Waals surface area contributed by atoms with Crippen LogP contribution in [0.4, 0.5) is 0 Å². The molecule has 0 atom stereocenters. The summed E-state index contributed by atoms with van der Waals surface area (Å²) in [6.45, 7) is 20.6. The molecule has 5 heteroatoms. The minimum atomic E-state index is -0.457. The van der Waals surface area contributed by atoms with E-state index < -0.39 is 27.8 Å². The molecule has 2 N–H and O–H groups in total. The molecule has 116 valence electrons. The molecule has 0 aliphatic rings. The monoisotopic (exact) mass is 369 g/mol. The Kier molecular flexibility index (Phi) is 13.6. The van der Waals surface area contributed by atoms with E-state index in [1.54, 1.807) is 5.17 Å². The van der Waals surface area contributed by atoms with Crippen molar-refractivity contribution < 1.29 is 44.2 Å². The maximum absolute atomic E-state index is 6.10. The molecule has 0 aromatic heterocycles. The molecule has 1 nitrogen and oxygen atoms in total. The second-order valence-corrected chi connectivity index (χ2v) is 10.9. The third-order valence-electron chi connectivity index (χ3n) is 3.74. The molecule has 0 rings (SSSR count). The standard InChI is InChI=1S/C15H27Si.2ClH.H2N.Ti/c1-10(2)12(5)13(6)14(7)15(11(3)4)16(8)9;;;;/h1-9H3;2*1H;1H2;/q;;;-1;+3/p-2/b14-13+;;;;. The molecule has 0 fully saturated rings. The molecule has 0 amide bonds. The van der Waals surface area contributed by atoms with Gasteiger partial charge in [0.25, 0.3) is 0 Å². The van der Waals surface area contributed by atoms with Gasteiger partial charge in [-0.05, 0) is 0 Å². The van der Waals surface area contributed by atoms with Crippen LogP contribution in [0.25, 0.3) is 0 Å². The summed E-state index contributed by atoms with van der Waals surface area (Å²) in [7, 11) is -0.457. The van der Waals surface area contributed by atoms with Crippen molar-refractivity contribution in [1.82, 2.24) is 0 Å². The number of allylic oxidation sites excluding steroid dienone is 4. The van der Waals surface area contributed by atoms with Gasteiger partial charge in [0.2, 0.25) is 0 Å². The van der Waals surface area contributed by atoms with Crippen molar-refractivity contribution in [3.63, 3.8) is 0 Å². The topological polar surface area (TPSA) is 26.0 Å². The Morgan fingerprint density at radius 3 is 1.50 bits per heavy atom. The first-order valence-electron chi connectivity index (χ1n) is 6.54. The Morgan fingerprint density at radius 2 is 1.25 bits per heavy atom. The molecule has 0 saturated carbocycles. The van der Waals surface area contributed by atoms with Crippen molar-refractivity contribution >= 4 is 13.6 Å². The van der Waals surface area contributed by atoms with E-state index in [1.807, 2.05) is 0 Å². The molecular formula is C15H29Cl2NSiTi. The zero-order valence-corrected chi connectivity index (χ0v) is 18.4. The van der Waals surface area contributed by atoms with Crippen molar-refractivity contribution in [1.29, 1.82) is 0 Å². The molecule has 0 bridgehead atoms. The van der Waals surface area contributed by atoms with Crippen LogP contribution < -0.4 is 29.0 Å². The fraction of sp³-hybridized carbons (Fsp3) is 0.667. The number of hydrogen-bond donors (Lipinski definition) is 1. The second kappa shape index (κ2) is 10.5. The Balaban J connectivity index is -0.00000144. The quantitative estimate of drug-likeness (QED) is 0.466. The molecule has 0 aliphatic heterocycles. The predicted octanol–water partition coefficient (Wildman–Crippen LogP) is -1.65. The van der Waals surface area contributed by atoms with Crippen LogP contribution >= 0.6 is 0 Å². The molecule has 0 aromatic rings. The van der Waals surface area contributed by atoms with Gasteiger partial charge in [-0.15, -0.1) is 0 Å². The summed E-state index contributed by atoms with van der Waals surface area (Å²) in [6, 6.07) is 0. The summed E-state index contributed by atoms with van der Waals surface area (Å²) < 4.78 is 6.35. The van der Waals surface area contributed by atoms with Crippen molar-refractivity contribution in [2.45, 2.75) is 65.3 Å². The van der Waals surface area contributed by atoms with Gasteiger partial charge in [-0.2, -0.15) is 0 Å². The van der Waals surface area contributed by atoms with E-state index in [4.69, 9.17) is 4.22 Å². The fourth-order valence-electron chi connectivity index (χ4n) is 2.38. The number of nitrogens with two attached hydrogens (primary N) is 1.